The summed E-state index contributed by atoms with van der Waals surface area (Å²) in [6.45, 7) is 0.330. The Balaban J connectivity index is 1.94. The van der Waals surface area contributed by atoms with Gasteiger partial charge in [-0.25, -0.2) is 4.79 Å². The number of anilines is 1. The van der Waals surface area contributed by atoms with Crippen LogP contribution in [-0.4, -0.2) is 11.1 Å². The van der Waals surface area contributed by atoms with Crippen LogP contribution in [0.3, 0.4) is 0 Å². The molecule has 0 radical (unpaired) electrons. The van der Waals surface area contributed by atoms with E-state index < -0.39 is 0 Å². The third-order valence-corrected chi connectivity index (χ3v) is 3.54. The van der Waals surface area contributed by atoms with Crippen molar-refractivity contribution < 1.29 is 9.90 Å². The van der Waals surface area contributed by atoms with E-state index in [-0.39, 0.29) is 12.6 Å². The van der Waals surface area contributed by atoms with E-state index in [0.717, 1.165) is 15.6 Å². The predicted molar refractivity (Wildman–Crippen MR) is 82.4 cm³/mol. The van der Waals surface area contributed by atoms with Crippen LogP contribution in [0.15, 0.2) is 53.0 Å². The highest BCUT2D eigenvalue weighted by molar-refractivity contribution is 9.10. The Hall–Kier alpha value is -1.85. The zero-order chi connectivity index (χ0) is 14.4. The number of urea groups is 1. The summed E-state index contributed by atoms with van der Waals surface area (Å²) in [5.41, 5.74) is 2.42. The molecule has 0 saturated heterocycles. The number of hydrogen-bond acceptors (Lipinski definition) is 2. The maximum atomic E-state index is 11.8. The van der Waals surface area contributed by atoms with Gasteiger partial charge >= 0.3 is 6.03 Å². The number of rotatable bonds is 4. The molecule has 4 nitrogen and oxygen atoms in total. The lowest BCUT2D eigenvalue weighted by molar-refractivity contribution is 0.251. The topological polar surface area (TPSA) is 61.4 Å². The molecule has 0 bridgehead atoms. The van der Waals surface area contributed by atoms with Gasteiger partial charge in [-0.15, -0.1) is 0 Å². The number of amides is 2. The van der Waals surface area contributed by atoms with Crippen molar-refractivity contribution in [3.8, 4) is 0 Å². The van der Waals surface area contributed by atoms with Crippen LogP contribution in [0, 0.1) is 0 Å². The quantitative estimate of drug-likeness (QED) is 0.803. The molecule has 0 saturated carbocycles. The fourth-order valence-corrected chi connectivity index (χ4v) is 2.17. The highest BCUT2D eigenvalue weighted by Crippen LogP contribution is 2.20. The predicted octanol–water partition coefficient (Wildman–Crippen LogP) is 3.26. The van der Waals surface area contributed by atoms with Crippen LogP contribution < -0.4 is 10.6 Å². The molecule has 0 aromatic heterocycles. The summed E-state index contributed by atoms with van der Waals surface area (Å²) in [7, 11) is 0. The number of carbonyl (C=O) groups is 1. The van der Waals surface area contributed by atoms with Crippen molar-refractivity contribution in [2.75, 3.05) is 5.32 Å². The summed E-state index contributed by atoms with van der Waals surface area (Å²) in [5.74, 6) is 0. The number of halogens is 1. The number of aliphatic hydroxyl groups is 1. The van der Waals surface area contributed by atoms with Gasteiger partial charge in [0.2, 0.25) is 0 Å². The third-order valence-electron chi connectivity index (χ3n) is 2.85. The number of benzene rings is 2. The minimum Gasteiger partial charge on any atom is -0.392 e. The minimum absolute atomic E-state index is 0.0380. The molecule has 2 amide bonds. The Morgan fingerprint density at radius 1 is 1.05 bits per heavy atom. The molecule has 0 aliphatic heterocycles. The second kappa shape index (κ2) is 7.07. The van der Waals surface area contributed by atoms with Gasteiger partial charge in [-0.05, 0) is 39.2 Å². The lowest BCUT2D eigenvalue weighted by atomic mass is 10.1. The maximum absolute atomic E-state index is 11.8. The molecule has 0 heterocycles. The Kier molecular flexibility index (Phi) is 5.15. The van der Waals surface area contributed by atoms with Gasteiger partial charge in [0.15, 0.2) is 0 Å². The Morgan fingerprint density at radius 3 is 2.40 bits per heavy atom. The lowest BCUT2D eigenvalue weighted by Gasteiger charge is -2.11. The van der Waals surface area contributed by atoms with Gasteiger partial charge in [-0.1, -0.05) is 36.4 Å². The van der Waals surface area contributed by atoms with E-state index in [1.165, 1.54) is 0 Å². The summed E-state index contributed by atoms with van der Waals surface area (Å²) in [5, 5.41) is 14.7. The first-order valence-electron chi connectivity index (χ1n) is 6.17. The van der Waals surface area contributed by atoms with Crippen LogP contribution in [0.4, 0.5) is 10.5 Å². The molecular formula is C15H15BrN2O2. The van der Waals surface area contributed by atoms with Crippen molar-refractivity contribution in [2.45, 2.75) is 13.2 Å². The van der Waals surface area contributed by atoms with Gasteiger partial charge in [0.05, 0.1) is 12.3 Å². The molecule has 2 rings (SSSR count). The van der Waals surface area contributed by atoms with Gasteiger partial charge in [-0.2, -0.15) is 0 Å². The van der Waals surface area contributed by atoms with Crippen molar-refractivity contribution in [3.05, 3.63) is 64.1 Å². The van der Waals surface area contributed by atoms with Crippen LogP contribution in [0.1, 0.15) is 11.1 Å². The van der Waals surface area contributed by atoms with E-state index in [0.29, 0.717) is 12.2 Å². The number of nitrogens with one attached hydrogen (secondary N) is 2. The van der Waals surface area contributed by atoms with E-state index >= 15 is 0 Å². The molecule has 0 aliphatic rings. The van der Waals surface area contributed by atoms with Crippen molar-refractivity contribution in [1.29, 1.82) is 0 Å². The smallest absolute Gasteiger partial charge is 0.319 e. The first-order valence-corrected chi connectivity index (χ1v) is 6.97. The zero-order valence-corrected chi connectivity index (χ0v) is 12.4. The van der Waals surface area contributed by atoms with E-state index in [4.69, 9.17) is 0 Å². The second-order valence-corrected chi connectivity index (χ2v) is 5.07. The summed E-state index contributed by atoms with van der Waals surface area (Å²) in [6, 6.07) is 14.6. The minimum atomic E-state index is -0.287. The first kappa shape index (κ1) is 14.6. The van der Waals surface area contributed by atoms with E-state index in [2.05, 4.69) is 26.6 Å². The van der Waals surface area contributed by atoms with E-state index in [9.17, 15) is 9.90 Å². The summed E-state index contributed by atoms with van der Waals surface area (Å²) in [4.78, 5) is 11.8. The van der Waals surface area contributed by atoms with Crippen molar-refractivity contribution in [1.82, 2.24) is 5.32 Å². The van der Waals surface area contributed by atoms with Crippen molar-refractivity contribution in [3.63, 3.8) is 0 Å². The van der Waals surface area contributed by atoms with Gasteiger partial charge in [0, 0.05) is 11.0 Å². The maximum Gasteiger partial charge on any atom is 0.319 e. The molecule has 104 valence electrons. The molecule has 3 N–H and O–H groups in total. The number of carbonyl (C=O) groups excluding carboxylic acids is 1. The van der Waals surface area contributed by atoms with Gasteiger partial charge in [-0.3, -0.25) is 0 Å². The summed E-state index contributed by atoms with van der Waals surface area (Å²) >= 11 is 3.37. The average molecular weight is 335 g/mol. The van der Waals surface area contributed by atoms with Crippen molar-refractivity contribution >= 4 is 27.6 Å². The Bertz CT molecular complexity index is 602. The van der Waals surface area contributed by atoms with Gasteiger partial charge in [0.25, 0.3) is 0 Å². The third kappa shape index (κ3) is 3.82. The monoisotopic (exact) mass is 334 g/mol. The molecule has 0 unspecified atom stereocenters. The molecular weight excluding hydrogens is 320 g/mol. The molecule has 0 atom stereocenters. The molecule has 0 spiro atoms. The molecule has 5 heteroatoms. The molecule has 20 heavy (non-hydrogen) atoms. The summed E-state index contributed by atoms with van der Waals surface area (Å²) in [6.07, 6.45) is 0. The van der Waals surface area contributed by atoms with E-state index in [1.54, 1.807) is 0 Å². The second-order valence-electron chi connectivity index (χ2n) is 4.21. The largest absolute Gasteiger partial charge is 0.392 e. The Morgan fingerprint density at radius 2 is 1.70 bits per heavy atom. The van der Waals surface area contributed by atoms with Crippen LogP contribution in [0.25, 0.3) is 0 Å². The molecule has 0 aliphatic carbocycles. The summed E-state index contributed by atoms with van der Waals surface area (Å²) < 4.78 is 0.825. The standard InChI is InChI=1S/C15H15BrN2O2/c16-13-7-3-4-8-14(13)18-15(20)17-9-11-5-1-2-6-12(11)10-19/h1-8,19H,9-10H2,(H2,17,18,20). The Labute approximate surface area is 126 Å². The first-order chi connectivity index (χ1) is 9.70. The van der Waals surface area contributed by atoms with Crippen molar-refractivity contribution in [2.24, 2.45) is 0 Å². The molecule has 2 aromatic carbocycles. The highest BCUT2D eigenvalue weighted by Gasteiger charge is 2.06. The van der Waals surface area contributed by atoms with Crippen LogP contribution in [0.5, 0.6) is 0 Å². The number of hydrogen-bond donors (Lipinski definition) is 3. The van der Waals surface area contributed by atoms with Crippen LogP contribution >= 0.6 is 15.9 Å². The lowest BCUT2D eigenvalue weighted by Crippen LogP contribution is -2.28. The average Bonchev–Trinajstić information content (AvgIpc) is 2.48. The SMILES string of the molecule is O=C(NCc1ccccc1CO)Nc1ccccc1Br. The van der Waals surface area contributed by atoms with Crippen LogP contribution in [-0.2, 0) is 13.2 Å². The fourth-order valence-electron chi connectivity index (χ4n) is 1.79. The molecule has 0 fully saturated rings. The number of aliphatic hydroxyl groups excluding tert-OH is 1. The molecule has 2 aromatic rings. The normalized spacial score (nSPS) is 10.1. The van der Waals surface area contributed by atoms with Crippen LogP contribution in [0.2, 0.25) is 0 Å². The van der Waals surface area contributed by atoms with E-state index in [1.807, 2.05) is 48.5 Å². The highest BCUT2D eigenvalue weighted by atomic mass is 79.9. The zero-order valence-electron chi connectivity index (χ0n) is 10.8. The number of para-hydroxylation sites is 1. The van der Waals surface area contributed by atoms with Gasteiger partial charge in [0.1, 0.15) is 0 Å². The van der Waals surface area contributed by atoms with Gasteiger partial charge < -0.3 is 15.7 Å². The fraction of sp³-hybridized carbons (Fsp3) is 0.133.